The van der Waals surface area contributed by atoms with Gasteiger partial charge in [-0.3, -0.25) is 9.98 Å². The summed E-state index contributed by atoms with van der Waals surface area (Å²) in [6.45, 7) is 4.65. The summed E-state index contributed by atoms with van der Waals surface area (Å²) in [6, 6.07) is 6.32. The number of aliphatic imine (C=N–C) groups is 2. The number of halogens is 1. The zero-order valence-corrected chi connectivity index (χ0v) is 18.9. The minimum atomic E-state index is -0.524. The van der Waals surface area contributed by atoms with Crippen LogP contribution in [-0.2, 0) is 0 Å². The standard InChI is InChI=1S/C25H29FN6O/c1-14(28)21-13-30-22(7-8-27)19-6-5-18(26)10-20(19)15(2)33-23-9-17(12-32-25(23)29)24(21)31-11-16-3-4-16/h5-10,12,15-16H,3-4,11,13,27-28H2,1-2H3,(H2,29,32). The first-order valence-corrected chi connectivity index (χ1v) is 11.0. The molecule has 0 saturated heterocycles. The van der Waals surface area contributed by atoms with Crippen molar-refractivity contribution in [1.82, 2.24) is 4.98 Å². The number of hydrogen-bond donors (Lipinski definition) is 3. The smallest absolute Gasteiger partial charge is 0.166 e. The average molecular weight is 449 g/mol. The molecule has 1 aromatic heterocycles. The van der Waals surface area contributed by atoms with Crippen molar-refractivity contribution >= 4 is 17.2 Å². The summed E-state index contributed by atoms with van der Waals surface area (Å²) >= 11 is 0. The van der Waals surface area contributed by atoms with Gasteiger partial charge in [0.05, 0.1) is 18.0 Å². The van der Waals surface area contributed by atoms with E-state index in [2.05, 4.69) is 4.98 Å². The van der Waals surface area contributed by atoms with Gasteiger partial charge in [-0.1, -0.05) is 0 Å². The topological polar surface area (TPSA) is 125 Å². The van der Waals surface area contributed by atoms with Crippen LogP contribution < -0.4 is 21.9 Å². The third-order valence-corrected chi connectivity index (χ3v) is 5.81. The number of ether oxygens (including phenoxy) is 1. The lowest BCUT2D eigenvalue weighted by Crippen LogP contribution is -2.18. The molecule has 4 rings (SSSR count). The lowest BCUT2D eigenvalue weighted by atomic mass is 9.97. The van der Waals surface area contributed by atoms with Crippen LogP contribution in [0.3, 0.4) is 0 Å². The van der Waals surface area contributed by atoms with Crippen LogP contribution in [0.5, 0.6) is 5.75 Å². The van der Waals surface area contributed by atoms with Gasteiger partial charge in [0.25, 0.3) is 0 Å². The van der Waals surface area contributed by atoms with Gasteiger partial charge >= 0.3 is 0 Å². The van der Waals surface area contributed by atoms with Gasteiger partial charge in [0.2, 0.25) is 0 Å². The van der Waals surface area contributed by atoms with Gasteiger partial charge in [-0.05, 0) is 69.1 Å². The molecule has 2 aromatic rings. The number of nitrogen functional groups attached to an aromatic ring is 1. The Morgan fingerprint density at radius 1 is 1.30 bits per heavy atom. The van der Waals surface area contributed by atoms with Gasteiger partial charge in [0.15, 0.2) is 11.6 Å². The fourth-order valence-electron chi connectivity index (χ4n) is 3.79. The van der Waals surface area contributed by atoms with E-state index in [1.165, 1.54) is 31.2 Å². The zero-order chi connectivity index (χ0) is 23.5. The van der Waals surface area contributed by atoms with E-state index < -0.39 is 6.10 Å². The summed E-state index contributed by atoms with van der Waals surface area (Å²) in [5.41, 5.74) is 23.0. The number of nitrogens with two attached hydrogens (primary N) is 3. The number of benzene rings is 1. The molecule has 1 saturated carbocycles. The van der Waals surface area contributed by atoms with E-state index in [1.807, 2.05) is 19.9 Å². The minimum absolute atomic E-state index is 0.243. The molecule has 0 amide bonds. The highest BCUT2D eigenvalue weighted by Gasteiger charge is 2.24. The summed E-state index contributed by atoms with van der Waals surface area (Å²) in [5, 5.41) is 0. The monoisotopic (exact) mass is 448 g/mol. The molecule has 1 fully saturated rings. The largest absolute Gasteiger partial charge is 0.482 e. The summed E-state index contributed by atoms with van der Waals surface area (Å²) in [5.74, 6) is 0.862. The van der Waals surface area contributed by atoms with Crippen LogP contribution in [0.2, 0.25) is 0 Å². The molecule has 1 atom stereocenters. The van der Waals surface area contributed by atoms with E-state index in [9.17, 15) is 4.39 Å². The summed E-state index contributed by atoms with van der Waals surface area (Å²) in [6.07, 6.45) is 6.61. The second kappa shape index (κ2) is 9.44. The molecule has 172 valence electrons. The van der Waals surface area contributed by atoms with Gasteiger partial charge in [-0.25, -0.2) is 9.37 Å². The maximum absolute atomic E-state index is 14.2. The summed E-state index contributed by atoms with van der Waals surface area (Å²) < 4.78 is 20.4. The molecule has 1 aliphatic carbocycles. The Morgan fingerprint density at radius 2 is 2.09 bits per heavy atom. The van der Waals surface area contributed by atoms with Crippen LogP contribution in [0.1, 0.15) is 49.5 Å². The Hall–Kier alpha value is -3.68. The van der Waals surface area contributed by atoms with Gasteiger partial charge in [0, 0.05) is 40.7 Å². The third kappa shape index (κ3) is 5.05. The van der Waals surface area contributed by atoms with Crippen molar-refractivity contribution in [3.63, 3.8) is 0 Å². The number of hydrogen-bond acceptors (Lipinski definition) is 7. The summed E-state index contributed by atoms with van der Waals surface area (Å²) in [4.78, 5) is 14.1. The minimum Gasteiger partial charge on any atom is -0.482 e. The Labute approximate surface area is 193 Å². The normalized spacial score (nSPS) is 21.6. The predicted octanol–water partition coefficient (Wildman–Crippen LogP) is 3.65. The number of aromatic nitrogens is 1. The molecule has 1 aliphatic heterocycles. The van der Waals surface area contributed by atoms with Crippen LogP contribution in [0.25, 0.3) is 0 Å². The number of fused-ring (bicyclic) bond motifs is 3. The van der Waals surface area contributed by atoms with E-state index >= 15 is 0 Å². The molecule has 33 heavy (non-hydrogen) atoms. The Morgan fingerprint density at radius 3 is 2.79 bits per heavy atom. The third-order valence-electron chi connectivity index (χ3n) is 5.81. The molecule has 7 nitrogen and oxygen atoms in total. The molecule has 1 unspecified atom stereocenters. The SMILES string of the molecule is CC(N)=C1CN=C(C=CN)c2ccc(F)cc2C(C)Oc2cc(cnc2N)C1=NCC1CC1. The molecular formula is C25H29FN6O. The number of allylic oxidation sites excluding steroid dienone is 2. The van der Waals surface area contributed by atoms with Crippen LogP contribution in [-0.4, -0.2) is 29.5 Å². The molecule has 0 spiro atoms. The first kappa shape index (κ1) is 22.5. The van der Waals surface area contributed by atoms with E-state index in [0.29, 0.717) is 40.7 Å². The number of rotatable bonds is 3. The second-order valence-electron chi connectivity index (χ2n) is 8.45. The van der Waals surface area contributed by atoms with Gasteiger partial charge in [0.1, 0.15) is 11.9 Å². The molecule has 2 bridgehead atoms. The van der Waals surface area contributed by atoms with Crippen molar-refractivity contribution < 1.29 is 9.13 Å². The molecule has 6 N–H and O–H groups in total. The second-order valence-corrected chi connectivity index (χ2v) is 8.45. The van der Waals surface area contributed by atoms with Crippen LogP contribution in [0.15, 0.2) is 64.0 Å². The first-order chi connectivity index (χ1) is 15.9. The molecule has 0 radical (unpaired) electrons. The highest BCUT2D eigenvalue weighted by molar-refractivity contribution is 6.14. The predicted molar refractivity (Wildman–Crippen MR) is 130 cm³/mol. The van der Waals surface area contributed by atoms with Gasteiger partial charge in [-0.15, -0.1) is 0 Å². The molecular weight excluding hydrogens is 419 g/mol. The van der Waals surface area contributed by atoms with Crippen molar-refractivity contribution in [1.29, 1.82) is 0 Å². The number of anilines is 1. The fourth-order valence-corrected chi connectivity index (χ4v) is 3.79. The van der Waals surface area contributed by atoms with E-state index in [1.54, 1.807) is 18.3 Å². The van der Waals surface area contributed by atoms with Crippen molar-refractivity contribution in [2.24, 2.45) is 27.4 Å². The van der Waals surface area contributed by atoms with Crippen molar-refractivity contribution in [2.45, 2.75) is 32.8 Å². The van der Waals surface area contributed by atoms with Crippen LogP contribution in [0.4, 0.5) is 10.2 Å². The maximum Gasteiger partial charge on any atom is 0.166 e. The van der Waals surface area contributed by atoms with E-state index in [-0.39, 0.29) is 18.2 Å². The van der Waals surface area contributed by atoms with Crippen molar-refractivity contribution in [2.75, 3.05) is 18.8 Å². The number of pyridine rings is 1. The number of nitrogens with zero attached hydrogens (tertiary/aromatic N) is 3. The van der Waals surface area contributed by atoms with Crippen molar-refractivity contribution in [3.05, 3.63) is 76.5 Å². The summed E-state index contributed by atoms with van der Waals surface area (Å²) in [7, 11) is 0. The average Bonchev–Trinajstić information content (AvgIpc) is 3.60. The quantitative estimate of drug-likeness (QED) is 0.661. The van der Waals surface area contributed by atoms with Crippen LogP contribution >= 0.6 is 0 Å². The van der Waals surface area contributed by atoms with Gasteiger partial charge in [-0.2, -0.15) is 0 Å². The van der Waals surface area contributed by atoms with Crippen molar-refractivity contribution in [3.8, 4) is 5.75 Å². The van der Waals surface area contributed by atoms with E-state index in [0.717, 1.165) is 16.8 Å². The lowest BCUT2D eigenvalue weighted by molar-refractivity contribution is 0.227. The lowest BCUT2D eigenvalue weighted by Gasteiger charge is -2.22. The maximum atomic E-state index is 14.2. The highest BCUT2D eigenvalue weighted by atomic mass is 19.1. The molecule has 2 heterocycles. The zero-order valence-electron chi connectivity index (χ0n) is 18.9. The van der Waals surface area contributed by atoms with Crippen LogP contribution in [0, 0.1) is 11.7 Å². The Bertz CT molecular complexity index is 1180. The first-order valence-electron chi connectivity index (χ1n) is 11.0. The Kier molecular flexibility index (Phi) is 6.44. The molecule has 8 heteroatoms. The molecule has 2 aliphatic rings. The fraction of sp³-hybridized carbons (Fsp3) is 0.320. The van der Waals surface area contributed by atoms with E-state index in [4.69, 9.17) is 31.9 Å². The highest BCUT2D eigenvalue weighted by Crippen LogP contribution is 2.32. The molecule has 1 aromatic carbocycles. The van der Waals surface area contributed by atoms with Gasteiger partial charge < -0.3 is 21.9 Å². The Balaban J connectivity index is 1.94.